The molecule has 23 heavy (non-hydrogen) atoms. The van der Waals surface area contributed by atoms with Gasteiger partial charge in [-0.3, -0.25) is 4.99 Å². The molecule has 0 aromatic heterocycles. The summed E-state index contributed by atoms with van der Waals surface area (Å²) in [6, 6.07) is 2.98. The molecule has 0 bridgehead atoms. The molecular formula is C16H25FIN3O2. The maximum Gasteiger partial charge on any atom is 0.191 e. The van der Waals surface area contributed by atoms with E-state index in [2.05, 4.69) is 36.4 Å². The van der Waals surface area contributed by atoms with Crippen molar-refractivity contribution in [2.45, 2.75) is 39.3 Å². The molecule has 0 saturated heterocycles. The Hall–Kier alpha value is -1.09. The van der Waals surface area contributed by atoms with Crippen LogP contribution in [0.4, 0.5) is 4.39 Å². The van der Waals surface area contributed by atoms with Crippen molar-refractivity contribution in [1.29, 1.82) is 0 Å². The SMILES string of the molecule is CN=C(NCCc1cc(F)cc2c1OCOC2)NC(C)(C)C.I. The third-order valence-electron chi connectivity index (χ3n) is 3.16. The summed E-state index contributed by atoms with van der Waals surface area (Å²) in [6.45, 7) is 7.44. The van der Waals surface area contributed by atoms with E-state index in [9.17, 15) is 4.39 Å². The van der Waals surface area contributed by atoms with E-state index < -0.39 is 0 Å². The summed E-state index contributed by atoms with van der Waals surface area (Å²) in [5.41, 5.74) is 1.54. The molecule has 2 N–H and O–H groups in total. The second kappa shape index (κ2) is 8.68. The standard InChI is InChI=1S/C16H24FN3O2.HI/c1-16(2,3)20-15(18-4)19-6-5-11-7-13(17)8-12-9-21-10-22-14(11)12;/h7-8H,5-6,9-10H2,1-4H3,(H2,18,19,20);1H. The van der Waals surface area contributed by atoms with Crippen molar-refractivity contribution in [1.82, 2.24) is 10.6 Å². The van der Waals surface area contributed by atoms with Crippen molar-refractivity contribution in [3.05, 3.63) is 29.1 Å². The fourth-order valence-corrected chi connectivity index (χ4v) is 2.29. The molecule has 0 aliphatic carbocycles. The van der Waals surface area contributed by atoms with E-state index in [1.807, 2.05) is 0 Å². The summed E-state index contributed by atoms with van der Waals surface area (Å²) in [5, 5.41) is 6.51. The van der Waals surface area contributed by atoms with Crippen molar-refractivity contribution in [3.8, 4) is 5.75 Å². The number of hydrogen-bond donors (Lipinski definition) is 2. The fourth-order valence-electron chi connectivity index (χ4n) is 2.29. The lowest BCUT2D eigenvalue weighted by Gasteiger charge is -2.24. The Morgan fingerprint density at radius 3 is 2.74 bits per heavy atom. The molecule has 1 aliphatic heterocycles. The van der Waals surface area contributed by atoms with Gasteiger partial charge in [0.1, 0.15) is 11.6 Å². The third-order valence-corrected chi connectivity index (χ3v) is 3.16. The molecular weight excluding hydrogens is 412 g/mol. The second-order valence-electron chi connectivity index (χ2n) is 6.29. The number of aliphatic imine (C=N–C) groups is 1. The summed E-state index contributed by atoms with van der Waals surface area (Å²) in [4.78, 5) is 4.18. The van der Waals surface area contributed by atoms with Crippen LogP contribution in [-0.2, 0) is 17.8 Å². The van der Waals surface area contributed by atoms with E-state index in [1.54, 1.807) is 7.05 Å². The summed E-state index contributed by atoms with van der Waals surface area (Å²) in [5.74, 6) is 1.20. The van der Waals surface area contributed by atoms with E-state index in [0.717, 1.165) is 22.8 Å². The molecule has 0 spiro atoms. The number of guanidine groups is 1. The molecule has 0 unspecified atom stereocenters. The number of nitrogens with zero attached hydrogens (tertiary/aromatic N) is 1. The molecule has 1 aromatic carbocycles. The van der Waals surface area contributed by atoms with Gasteiger partial charge in [-0.05, 0) is 44.9 Å². The van der Waals surface area contributed by atoms with Gasteiger partial charge in [-0.25, -0.2) is 4.39 Å². The van der Waals surface area contributed by atoms with Gasteiger partial charge in [0.25, 0.3) is 0 Å². The first kappa shape index (κ1) is 20.0. The summed E-state index contributed by atoms with van der Waals surface area (Å²) in [7, 11) is 1.73. The van der Waals surface area contributed by atoms with Gasteiger partial charge in [0.2, 0.25) is 0 Å². The van der Waals surface area contributed by atoms with Gasteiger partial charge in [0, 0.05) is 24.7 Å². The normalized spacial score (nSPS) is 14.4. The third kappa shape index (κ3) is 6.14. The van der Waals surface area contributed by atoms with Crippen LogP contribution in [0.25, 0.3) is 0 Å². The molecule has 0 amide bonds. The first-order valence-corrected chi connectivity index (χ1v) is 7.40. The van der Waals surface area contributed by atoms with Gasteiger partial charge in [-0.15, -0.1) is 24.0 Å². The number of halogens is 2. The molecule has 2 rings (SSSR count). The minimum absolute atomic E-state index is 0. The molecule has 130 valence electrons. The molecule has 1 heterocycles. The number of fused-ring (bicyclic) bond motifs is 1. The highest BCUT2D eigenvalue weighted by molar-refractivity contribution is 14.0. The zero-order valence-corrected chi connectivity index (χ0v) is 16.4. The number of nitrogens with one attached hydrogen (secondary N) is 2. The Bertz CT molecular complexity index is 559. The van der Waals surface area contributed by atoms with Crippen LogP contribution >= 0.6 is 24.0 Å². The van der Waals surface area contributed by atoms with Crippen molar-refractivity contribution >= 4 is 29.9 Å². The maximum atomic E-state index is 13.7. The first-order valence-electron chi connectivity index (χ1n) is 7.40. The van der Waals surface area contributed by atoms with Crippen LogP contribution in [-0.4, -0.2) is 31.9 Å². The summed E-state index contributed by atoms with van der Waals surface area (Å²) in [6.07, 6.45) is 0.644. The Morgan fingerprint density at radius 2 is 2.09 bits per heavy atom. The van der Waals surface area contributed by atoms with Crippen LogP contribution in [0.2, 0.25) is 0 Å². The number of hydrogen-bond acceptors (Lipinski definition) is 3. The largest absolute Gasteiger partial charge is 0.467 e. The van der Waals surface area contributed by atoms with Gasteiger partial charge in [-0.2, -0.15) is 0 Å². The molecule has 5 nitrogen and oxygen atoms in total. The maximum absolute atomic E-state index is 13.7. The number of benzene rings is 1. The summed E-state index contributed by atoms with van der Waals surface area (Å²) < 4.78 is 24.4. The average Bonchev–Trinajstić information content (AvgIpc) is 2.44. The van der Waals surface area contributed by atoms with Crippen LogP contribution in [0.15, 0.2) is 17.1 Å². The van der Waals surface area contributed by atoms with E-state index in [-0.39, 0.29) is 42.1 Å². The lowest BCUT2D eigenvalue weighted by Crippen LogP contribution is -2.48. The van der Waals surface area contributed by atoms with Crippen molar-refractivity contribution in [2.75, 3.05) is 20.4 Å². The number of ether oxygens (including phenoxy) is 2. The van der Waals surface area contributed by atoms with Gasteiger partial charge >= 0.3 is 0 Å². The zero-order valence-electron chi connectivity index (χ0n) is 14.0. The highest BCUT2D eigenvalue weighted by Crippen LogP contribution is 2.29. The lowest BCUT2D eigenvalue weighted by molar-refractivity contribution is -0.0172. The number of rotatable bonds is 3. The van der Waals surface area contributed by atoms with Crippen molar-refractivity contribution in [3.63, 3.8) is 0 Å². The van der Waals surface area contributed by atoms with E-state index in [1.165, 1.54) is 12.1 Å². The van der Waals surface area contributed by atoms with Crippen molar-refractivity contribution in [2.24, 2.45) is 4.99 Å². The second-order valence-corrected chi connectivity index (χ2v) is 6.29. The van der Waals surface area contributed by atoms with Crippen LogP contribution in [0.1, 0.15) is 31.9 Å². The van der Waals surface area contributed by atoms with Crippen LogP contribution in [0, 0.1) is 5.82 Å². The van der Waals surface area contributed by atoms with Crippen LogP contribution in [0.5, 0.6) is 5.75 Å². The Labute approximate surface area is 154 Å². The molecule has 0 saturated carbocycles. The Balaban J connectivity index is 0.00000264. The van der Waals surface area contributed by atoms with E-state index in [4.69, 9.17) is 9.47 Å². The molecule has 0 atom stereocenters. The monoisotopic (exact) mass is 437 g/mol. The molecule has 7 heteroatoms. The highest BCUT2D eigenvalue weighted by atomic mass is 127. The van der Waals surface area contributed by atoms with Crippen LogP contribution < -0.4 is 15.4 Å². The molecule has 0 fully saturated rings. The predicted octanol–water partition coefficient (Wildman–Crippen LogP) is 2.82. The molecule has 1 aliphatic rings. The minimum Gasteiger partial charge on any atom is -0.467 e. The first-order chi connectivity index (χ1) is 10.4. The fraction of sp³-hybridized carbons (Fsp3) is 0.562. The van der Waals surface area contributed by atoms with Gasteiger partial charge in [0.15, 0.2) is 12.8 Å². The van der Waals surface area contributed by atoms with E-state index >= 15 is 0 Å². The van der Waals surface area contributed by atoms with Gasteiger partial charge in [0.05, 0.1) is 6.61 Å². The Morgan fingerprint density at radius 1 is 1.35 bits per heavy atom. The lowest BCUT2D eigenvalue weighted by atomic mass is 10.1. The van der Waals surface area contributed by atoms with Gasteiger partial charge in [-0.1, -0.05) is 0 Å². The van der Waals surface area contributed by atoms with E-state index in [0.29, 0.717) is 19.6 Å². The van der Waals surface area contributed by atoms with Crippen LogP contribution in [0.3, 0.4) is 0 Å². The topological polar surface area (TPSA) is 54.9 Å². The Kier molecular flexibility index (Phi) is 7.53. The molecule has 0 radical (unpaired) electrons. The minimum atomic E-state index is -0.264. The molecule has 1 aromatic rings. The quantitative estimate of drug-likeness (QED) is 0.434. The van der Waals surface area contributed by atoms with Gasteiger partial charge < -0.3 is 20.1 Å². The summed E-state index contributed by atoms with van der Waals surface area (Å²) >= 11 is 0. The highest BCUT2D eigenvalue weighted by Gasteiger charge is 2.17. The average molecular weight is 437 g/mol. The zero-order chi connectivity index (χ0) is 16.2. The predicted molar refractivity (Wildman–Crippen MR) is 100 cm³/mol. The van der Waals surface area contributed by atoms with Crippen molar-refractivity contribution < 1.29 is 13.9 Å². The smallest absolute Gasteiger partial charge is 0.191 e.